The molecule has 0 aliphatic heterocycles. The Morgan fingerprint density at radius 3 is 2.43 bits per heavy atom. The Kier molecular flexibility index (Phi) is 4.60. The lowest BCUT2D eigenvalue weighted by atomic mass is 10.1. The number of alkyl halides is 5. The van der Waals surface area contributed by atoms with Crippen LogP contribution in [0, 0.1) is 10.1 Å². The van der Waals surface area contributed by atoms with Crippen molar-refractivity contribution in [1.29, 1.82) is 0 Å². The van der Waals surface area contributed by atoms with Gasteiger partial charge in [-0.15, -0.1) is 13.2 Å². The highest BCUT2D eigenvalue weighted by Gasteiger charge is 2.36. The summed E-state index contributed by atoms with van der Waals surface area (Å²) in [6.07, 6.45) is -10.0. The molecule has 12 heteroatoms. The molecule has 0 atom stereocenters. The summed E-state index contributed by atoms with van der Waals surface area (Å²) in [6, 6.07) is 0.115. The van der Waals surface area contributed by atoms with Gasteiger partial charge in [-0.25, -0.2) is 8.78 Å². The number of hydrogen-bond acceptors (Lipinski definition) is 5. The van der Waals surface area contributed by atoms with Crippen LogP contribution < -0.4 is 4.74 Å². The highest BCUT2D eigenvalue weighted by atomic mass is 19.4. The normalized spacial score (nSPS) is 11.5. The lowest BCUT2D eigenvalue weighted by Crippen LogP contribution is -2.20. The number of carboxylic acid groups (broad SMARTS) is 1. The monoisotopic (exact) mass is 316 g/mol. The standard InChI is InChI=1S/C9H5F5N2O5/c10-7(11)4-2-5(21-9(12,13)14)3(1-6(17)18)8(15-4)16(19)20/h2,7H,1H2,(H,17,18). The molecule has 0 radical (unpaired) electrons. The van der Waals surface area contributed by atoms with Gasteiger partial charge in [0.15, 0.2) is 0 Å². The quantitative estimate of drug-likeness (QED) is 0.508. The number of halogens is 5. The number of nitrogens with zero attached hydrogens (tertiary/aromatic N) is 2. The van der Waals surface area contributed by atoms with E-state index in [4.69, 9.17) is 5.11 Å². The third-order valence-corrected chi connectivity index (χ3v) is 2.03. The number of aliphatic carboxylic acids is 1. The Bertz CT molecular complexity index is 574. The topological polar surface area (TPSA) is 103 Å². The van der Waals surface area contributed by atoms with E-state index in [1.54, 1.807) is 0 Å². The molecule has 1 N–H and O–H groups in total. The molecule has 1 aromatic heterocycles. The SMILES string of the molecule is O=C(O)Cc1c(OC(F)(F)F)cc(C(F)F)nc1[N+](=O)[O-]. The van der Waals surface area contributed by atoms with Crippen LogP contribution in [0.15, 0.2) is 6.07 Å². The lowest BCUT2D eigenvalue weighted by molar-refractivity contribution is -0.390. The Balaban J connectivity index is 3.53. The van der Waals surface area contributed by atoms with E-state index in [2.05, 4.69) is 9.72 Å². The number of pyridine rings is 1. The van der Waals surface area contributed by atoms with Crippen molar-refractivity contribution in [2.45, 2.75) is 19.2 Å². The van der Waals surface area contributed by atoms with Crippen LogP contribution in [0.25, 0.3) is 0 Å². The fourth-order valence-corrected chi connectivity index (χ4v) is 1.35. The van der Waals surface area contributed by atoms with Gasteiger partial charge in [0.05, 0.1) is 6.42 Å². The van der Waals surface area contributed by atoms with E-state index in [1.165, 1.54) is 0 Å². The summed E-state index contributed by atoms with van der Waals surface area (Å²) in [5, 5.41) is 19.2. The van der Waals surface area contributed by atoms with Gasteiger partial charge in [0.2, 0.25) is 5.69 Å². The van der Waals surface area contributed by atoms with Crippen LogP contribution in [0.4, 0.5) is 27.8 Å². The number of ether oxygens (including phenoxy) is 1. The number of rotatable bonds is 5. The average molecular weight is 316 g/mol. The van der Waals surface area contributed by atoms with Gasteiger partial charge < -0.3 is 20.0 Å². The highest BCUT2D eigenvalue weighted by molar-refractivity contribution is 5.73. The fourth-order valence-electron chi connectivity index (χ4n) is 1.35. The zero-order valence-electron chi connectivity index (χ0n) is 9.73. The second kappa shape index (κ2) is 5.85. The van der Waals surface area contributed by atoms with Gasteiger partial charge in [-0.1, -0.05) is 0 Å². The minimum atomic E-state index is -5.35. The smallest absolute Gasteiger partial charge is 0.481 e. The van der Waals surface area contributed by atoms with Gasteiger partial charge in [0.25, 0.3) is 0 Å². The molecule has 0 bridgehead atoms. The highest BCUT2D eigenvalue weighted by Crippen LogP contribution is 2.35. The van der Waals surface area contributed by atoms with E-state index in [0.29, 0.717) is 0 Å². The summed E-state index contributed by atoms with van der Waals surface area (Å²) in [4.78, 5) is 22.7. The summed E-state index contributed by atoms with van der Waals surface area (Å²) in [5.41, 5.74) is -2.40. The first-order valence-corrected chi connectivity index (χ1v) is 4.95. The van der Waals surface area contributed by atoms with Gasteiger partial charge >= 0.3 is 24.6 Å². The number of hydrogen-bond donors (Lipinski definition) is 1. The van der Waals surface area contributed by atoms with E-state index >= 15 is 0 Å². The summed E-state index contributed by atoms with van der Waals surface area (Å²) in [5.74, 6) is -4.56. The molecule has 0 aliphatic carbocycles. The van der Waals surface area contributed by atoms with Gasteiger partial charge in [-0.3, -0.25) is 4.79 Å². The molecular formula is C9H5F5N2O5. The predicted octanol–water partition coefficient (Wildman–Crippen LogP) is 2.45. The van der Waals surface area contributed by atoms with Crippen LogP contribution in [0.1, 0.15) is 17.7 Å². The van der Waals surface area contributed by atoms with E-state index in [9.17, 15) is 36.9 Å². The molecule has 0 aromatic carbocycles. The zero-order chi connectivity index (χ0) is 16.4. The Morgan fingerprint density at radius 1 is 1.48 bits per heavy atom. The van der Waals surface area contributed by atoms with Crippen molar-refractivity contribution in [3.8, 4) is 5.75 Å². The third kappa shape index (κ3) is 4.50. The Labute approximate surface area is 112 Å². The Morgan fingerprint density at radius 2 is 2.05 bits per heavy atom. The van der Waals surface area contributed by atoms with Crippen molar-refractivity contribution in [1.82, 2.24) is 4.98 Å². The van der Waals surface area contributed by atoms with Gasteiger partial charge in [-0.2, -0.15) is 0 Å². The number of aromatic nitrogens is 1. The van der Waals surface area contributed by atoms with Crippen molar-refractivity contribution in [2.75, 3.05) is 0 Å². The van der Waals surface area contributed by atoms with Crippen LogP contribution in [-0.4, -0.2) is 27.3 Å². The molecule has 1 rings (SSSR count). The molecule has 0 saturated heterocycles. The van der Waals surface area contributed by atoms with Crippen molar-refractivity contribution in [2.24, 2.45) is 0 Å². The van der Waals surface area contributed by atoms with Crippen LogP contribution in [0.3, 0.4) is 0 Å². The van der Waals surface area contributed by atoms with Gasteiger partial charge in [0.1, 0.15) is 11.3 Å². The molecule has 7 nitrogen and oxygen atoms in total. The number of carbonyl (C=O) groups is 1. The minimum absolute atomic E-state index is 0.115. The van der Waals surface area contributed by atoms with Gasteiger partial charge in [0, 0.05) is 6.07 Å². The minimum Gasteiger partial charge on any atom is -0.481 e. The maximum Gasteiger partial charge on any atom is 0.573 e. The molecule has 1 heterocycles. The first-order valence-electron chi connectivity index (χ1n) is 4.95. The van der Waals surface area contributed by atoms with Crippen molar-refractivity contribution in [3.05, 3.63) is 27.4 Å². The van der Waals surface area contributed by atoms with Crippen molar-refractivity contribution < 1.29 is 41.5 Å². The van der Waals surface area contributed by atoms with Crippen LogP contribution in [0.5, 0.6) is 5.75 Å². The van der Waals surface area contributed by atoms with E-state index in [1.807, 2.05) is 0 Å². The third-order valence-electron chi connectivity index (χ3n) is 2.03. The molecule has 0 spiro atoms. The summed E-state index contributed by atoms with van der Waals surface area (Å²) < 4.78 is 64.9. The van der Waals surface area contributed by atoms with Crippen molar-refractivity contribution in [3.63, 3.8) is 0 Å². The molecule has 116 valence electrons. The zero-order valence-corrected chi connectivity index (χ0v) is 9.73. The van der Waals surface area contributed by atoms with E-state index in [0.717, 1.165) is 0 Å². The van der Waals surface area contributed by atoms with E-state index in [-0.39, 0.29) is 6.07 Å². The number of carboxylic acids is 1. The maximum absolute atomic E-state index is 12.5. The van der Waals surface area contributed by atoms with E-state index < -0.39 is 52.9 Å². The number of nitro groups is 1. The lowest BCUT2D eigenvalue weighted by Gasteiger charge is -2.12. The molecule has 21 heavy (non-hydrogen) atoms. The molecule has 1 aromatic rings. The summed E-state index contributed by atoms with van der Waals surface area (Å²) in [7, 11) is 0. The molecule has 0 saturated carbocycles. The largest absolute Gasteiger partial charge is 0.573 e. The van der Waals surface area contributed by atoms with Crippen LogP contribution in [-0.2, 0) is 11.2 Å². The predicted molar refractivity (Wildman–Crippen MR) is 53.9 cm³/mol. The summed E-state index contributed by atoms with van der Waals surface area (Å²) >= 11 is 0. The van der Waals surface area contributed by atoms with Gasteiger partial charge in [-0.05, 0) is 9.91 Å². The van der Waals surface area contributed by atoms with Crippen LogP contribution >= 0.6 is 0 Å². The first kappa shape index (κ1) is 16.5. The first-order chi connectivity index (χ1) is 9.51. The fraction of sp³-hybridized carbons (Fsp3) is 0.333. The Hall–Kier alpha value is -2.53. The molecule has 0 unspecified atom stereocenters. The van der Waals surface area contributed by atoms with Crippen molar-refractivity contribution >= 4 is 11.8 Å². The second-order valence-electron chi connectivity index (χ2n) is 3.52. The molecular weight excluding hydrogens is 311 g/mol. The molecule has 0 aliphatic rings. The van der Waals surface area contributed by atoms with Crippen LogP contribution in [0.2, 0.25) is 0 Å². The second-order valence-corrected chi connectivity index (χ2v) is 3.52. The molecule has 0 fully saturated rings. The maximum atomic E-state index is 12.5. The summed E-state index contributed by atoms with van der Waals surface area (Å²) in [6.45, 7) is 0. The average Bonchev–Trinajstić information content (AvgIpc) is 2.27. The molecule has 0 amide bonds.